The van der Waals surface area contributed by atoms with E-state index in [2.05, 4.69) is 39.0 Å². The molecule has 0 amide bonds. The number of aliphatic hydroxyl groups excluding tert-OH is 6. The molecule has 1 aromatic rings. The Kier molecular flexibility index (Phi) is 15.2. The van der Waals surface area contributed by atoms with Crippen LogP contribution in [0.15, 0.2) is 15.8 Å². The fourth-order valence-electron chi connectivity index (χ4n) is 4.04. The van der Waals surface area contributed by atoms with Gasteiger partial charge in [0.25, 0.3) is 5.56 Å². The minimum Gasteiger partial charge on any atom is -0.394 e. The first-order valence-corrected chi connectivity index (χ1v) is 17.2. The number of nitrogens with zero attached hydrogens (tertiary/aromatic N) is 2. The fraction of sp³-hybridized carbons (Fsp3) is 0.810. The average molecular weight is 793 g/mol. The van der Waals surface area contributed by atoms with Gasteiger partial charge in [-0.3, -0.25) is 23.4 Å². The third-order valence-corrected chi connectivity index (χ3v) is 9.94. The zero-order valence-corrected chi connectivity index (χ0v) is 27.7. The van der Waals surface area contributed by atoms with Crippen molar-refractivity contribution in [3.8, 4) is 0 Å². The van der Waals surface area contributed by atoms with Crippen LogP contribution in [0.1, 0.15) is 27.0 Å². The van der Waals surface area contributed by atoms with Gasteiger partial charge in [-0.15, -0.1) is 0 Å². The summed E-state index contributed by atoms with van der Waals surface area (Å²) in [6.45, 7) is 8.20. The number of hydrogen-bond donors (Lipinski definition) is 9. The molecule has 9 N–H and O–H groups in total. The Morgan fingerprint density at radius 3 is 2.00 bits per heavy atom. The molecule has 20 nitrogen and oxygen atoms in total. The first-order chi connectivity index (χ1) is 20.4. The van der Waals surface area contributed by atoms with Crippen molar-refractivity contribution in [2.24, 2.45) is 0 Å². The minimum atomic E-state index is -5.60. The summed E-state index contributed by atoms with van der Waals surface area (Å²) in [5.41, 5.74) is -1.71. The standard InChI is InChI=1S/C15H23IN2O17P2.C6H15N/c16-4-1-18(15(26)17-12(4)25)13-10(23)8(21)6(32-13)3-31-36(27,28)35-37(29,30)34-14-11(24)9(22)7(20)5(2-19)33-14;1-4-7(5-2)6-3/h1,5-11,13-14,19-24H,2-3H2,(H,27,28)(H,29,30)(H,17,25,26);4-6H2,1-3H3/t5-,6-,7-,8-,9+,10-,11-,13-,14-;/m1./s1. The van der Waals surface area contributed by atoms with Crippen LogP contribution < -0.4 is 11.2 Å². The van der Waals surface area contributed by atoms with Gasteiger partial charge >= 0.3 is 21.3 Å². The van der Waals surface area contributed by atoms with Gasteiger partial charge in [0.1, 0.15) is 42.7 Å². The Morgan fingerprint density at radius 2 is 1.48 bits per heavy atom. The van der Waals surface area contributed by atoms with E-state index in [9.17, 15) is 54.0 Å². The summed E-state index contributed by atoms with van der Waals surface area (Å²) in [5.74, 6) is 0. The first-order valence-electron chi connectivity index (χ1n) is 13.2. The second-order valence-corrected chi connectivity index (χ2v) is 13.6. The van der Waals surface area contributed by atoms with E-state index in [0.717, 1.165) is 10.8 Å². The van der Waals surface area contributed by atoms with Crippen molar-refractivity contribution in [3.05, 3.63) is 30.6 Å². The van der Waals surface area contributed by atoms with E-state index in [1.807, 2.05) is 4.98 Å². The van der Waals surface area contributed by atoms with E-state index in [0.29, 0.717) is 0 Å². The monoisotopic (exact) mass is 793 g/mol. The normalized spacial score (nSPS) is 33.3. The highest BCUT2D eigenvalue weighted by Crippen LogP contribution is 2.61. The van der Waals surface area contributed by atoms with Crippen molar-refractivity contribution < 1.29 is 72.4 Å². The van der Waals surface area contributed by atoms with Crippen LogP contribution in [-0.2, 0) is 32.0 Å². The zero-order chi connectivity index (χ0) is 33.6. The molecule has 1 aromatic heterocycles. The van der Waals surface area contributed by atoms with Gasteiger partial charge in [-0.1, -0.05) is 20.8 Å². The van der Waals surface area contributed by atoms with Crippen LogP contribution in [0.25, 0.3) is 0 Å². The number of aromatic nitrogens is 2. The third-order valence-electron chi connectivity index (χ3n) is 6.57. The van der Waals surface area contributed by atoms with Crippen molar-refractivity contribution in [1.82, 2.24) is 14.5 Å². The molecule has 3 heterocycles. The molecule has 0 aliphatic carbocycles. The molecule has 0 spiro atoms. The summed E-state index contributed by atoms with van der Waals surface area (Å²) in [4.78, 5) is 47.5. The molecule has 3 rings (SSSR count). The smallest absolute Gasteiger partial charge is 0.394 e. The van der Waals surface area contributed by atoms with Crippen LogP contribution in [0.4, 0.5) is 0 Å². The maximum Gasteiger partial charge on any atom is 0.483 e. The van der Waals surface area contributed by atoms with E-state index >= 15 is 0 Å². The van der Waals surface area contributed by atoms with Gasteiger partial charge in [0.15, 0.2) is 12.5 Å². The zero-order valence-electron chi connectivity index (χ0n) is 23.7. The lowest BCUT2D eigenvalue weighted by Gasteiger charge is -2.39. The highest BCUT2D eigenvalue weighted by Gasteiger charge is 2.49. The molecule has 11 atom stereocenters. The maximum absolute atomic E-state index is 12.2. The Labute approximate surface area is 264 Å². The van der Waals surface area contributed by atoms with Gasteiger partial charge in [0.2, 0.25) is 0 Å². The van der Waals surface area contributed by atoms with Crippen LogP contribution in [0.2, 0.25) is 0 Å². The van der Waals surface area contributed by atoms with E-state index in [4.69, 9.17) is 14.6 Å². The Morgan fingerprint density at radius 1 is 0.909 bits per heavy atom. The Bertz CT molecular complexity index is 1270. The number of H-pyrrole nitrogens is 1. The van der Waals surface area contributed by atoms with Gasteiger partial charge in [-0.2, -0.15) is 4.31 Å². The van der Waals surface area contributed by atoms with E-state index in [1.54, 1.807) is 22.6 Å². The summed E-state index contributed by atoms with van der Waals surface area (Å²) in [5, 5.41) is 58.8. The molecule has 0 saturated carbocycles. The van der Waals surface area contributed by atoms with E-state index in [-0.39, 0.29) is 3.57 Å². The molecule has 256 valence electrons. The quantitative estimate of drug-likeness (QED) is 0.0761. The molecule has 2 fully saturated rings. The Balaban J connectivity index is 0.000000860. The molecule has 2 saturated heterocycles. The number of ether oxygens (including phenoxy) is 2. The molecule has 23 heteroatoms. The molecule has 2 aliphatic heterocycles. The van der Waals surface area contributed by atoms with Crippen molar-refractivity contribution in [3.63, 3.8) is 0 Å². The molecular weight excluding hydrogens is 755 g/mol. The molecular formula is C21H38IN3O17P2. The van der Waals surface area contributed by atoms with Gasteiger partial charge in [-0.05, 0) is 42.2 Å². The number of phosphoric ester groups is 2. The number of rotatable bonds is 12. The average Bonchev–Trinajstić information content (AvgIpc) is 3.23. The highest BCUT2D eigenvalue weighted by atomic mass is 127. The minimum absolute atomic E-state index is 0.0357. The number of aliphatic hydroxyl groups is 6. The maximum atomic E-state index is 12.2. The van der Waals surface area contributed by atoms with Crippen LogP contribution in [0.5, 0.6) is 0 Å². The van der Waals surface area contributed by atoms with Crippen molar-refractivity contribution in [2.75, 3.05) is 32.8 Å². The van der Waals surface area contributed by atoms with Gasteiger partial charge in [0.05, 0.1) is 16.8 Å². The van der Waals surface area contributed by atoms with Crippen LogP contribution >= 0.6 is 38.2 Å². The molecule has 0 radical (unpaired) electrons. The summed E-state index contributed by atoms with van der Waals surface area (Å²) < 4.78 is 48.3. The third kappa shape index (κ3) is 10.4. The second-order valence-electron chi connectivity index (χ2n) is 9.43. The van der Waals surface area contributed by atoms with Gasteiger partial charge in [0, 0.05) is 6.20 Å². The molecule has 44 heavy (non-hydrogen) atoms. The molecule has 0 aromatic carbocycles. The molecule has 2 aliphatic rings. The summed E-state index contributed by atoms with van der Waals surface area (Å²) in [6, 6.07) is 0. The largest absolute Gasteiger partial charge is 0.483 e. The van der Waals surface area contributed by atoms with E-state index in [1.165, 1.54) is 19.6 Å². The highest BCUT2D eigenvalue weighted by molar-refractivity contribution is 14.1. The number of hydrogen-bond acceptors (Lipinski definition) is 16. The van der Waals surface area contributed by atoms with Crippen molar-refractivity contribution in [1.29, 1.82) is 0 Å². The molecule has 2 unspecified atom stereocenters. The van der Waals surface area contributed by atoms with Gasteiger partial charge < -0.3 is 54.8 Å². The fourth-order valence-corrected chi connectivity index (χ4v) is 6.64. The van der Waals surface area contributed by atoms with Crippen molar-refractivity contribution in [2.45, 2.75) is 76.0 Å². The van der Waals surface area contributed by atoms with Gasteiger partial charge in [-0.25, -0.2) is 13.9 Å². The molecule has 0 bridgehead atoms. The van der Waals surface area contributed by atoms with Crippen LogP contribution in [-0.4, -0.2) is 137 Å². The lowest BCUT2D eigenvalue weighted by Crippen LogP contribution is -2.58. The number of aromatic amines is 1. The predicted molar refractivity (Wildman–Crippen MR) is 155 cm³/mol. The van der Waals surface area contributed by atoms with Crippen LogP contribution in [0, 0.1) is 3.57 Å². The summed E-state index contributed by atoms with van der Waals surface area (Å²) in [6.07, 6.45) is -15.3. The van der Waals surface area contributed by atoms with Crippen molar-refractivity contribution >= 4 is 38.2 Å². The first kappa shape index (κ1) is 39.5. The number of phosphoric acid groups is 2. The SMILES string of the molecule is CCN(CC)CC.O=c1[nH]c(=O)n([C@@H]2O[C@H](COP(=O)(O)OP(=O)(O)O[C@H]3O[C@H](CO)[C@@H](O)[C@H](O)[C@H]3O)[C@@H](O)[C@H]2O)cc1I. The topological polar surface area (TPSA) is 300 Å². The van der Waals surface area contributed by atoms with Crippen LogP contribution in [0.3, 0.4) is 0 Å². The van der Waals surface area contributed by atoms with E-state index < -0.39 is 95.4 Å². The number of halogens is 1. The number of nitrogens with one attached hydrogen (secondary N) is 1. The predicted octanol–water partition coefficient (Wildman–Crippen LogP) is -2.84. The Hall–Kier alpha value is -0.690. The summed E-state index contributed by atoms with van der Waals surface area (Å²) in [7, 11) is -11.1. The lowest BCUT2D eigenvalue weighted by molar-refractivity contribution is -0.280. The lowest BCUT2D eigenvalue weighted by atomic mass is 10.00. The summed E-state index contributed by atoms with van der Waals surface area (Å²) >= 11 is 1.60. The second kappa shape index (κ2) is 16.9.